The number of thioether (sulfide) groups is 1. The highest BCUT2D eigenvalue weighted by Gasteiger charge is 2.10. The van der Waals surface area contributed by atoms with E-state index in [2.05, 4.69) is 18.8 Å². The van der Waals surface area contributed by atoms with E-state index in [1.165, 1.54) is 0 Å². The van der Waals surface area contributed by atoms with Gasteiger partial charge < -0.3 is 11.1 Å². The summed E-state index contributed by atoms with van der Waals surface area (Å²) in [6.45, 7) is 5.77. The van der Waals surface area contributed by atoms with Crippen molar-refractivity contribution >= 4 is 23.4 Å². The molecule has 0 fully saturated rings. The molecule has 0 saturated heterocycles. The lowest BCUT2D eigenvalue weighted by Gasteiger charge is -2.13. The van der Waals surface area contributed by atoms with Gasteiger partial charge >= 0.3 is 0 Å². The van der Waals surface area contributed by atoms with E-state index in [0.717, 1.165) is 29.2 Å². The molecule has 1 unspecified atom stereocenters. The maximum Gasteiger partial charge on any atom is 0.225 e. The molecule has 104 valence electrons. The summed E-state index contributed by atoms with van der Waals surface area (Å²) in [5.41, 5.74) is 6.73. The third-order valence-corrected chi connectivity index (χ3v) is 3.69. The largest absolute Gasteiger partial charge is 0.327 e. The Bertz CT molecular complexity index is 420. The molecule has 3 nitrogen and oxygen atoms in total. The van der Waals surface area contributed by atoms with Crippen LogP contribution in [0.4, 0.5) is 5.69 Å². The average Bonchev–Trinajstić information content (AvgIpc) is 2.37. The Labute approximate surface area is 119 Å². The van der Waals surface area contributed by atoms with Crippen LogP contribution in [0.1, 0.15) is 26.2 Å². The third kappa shape index (κ3) is 5.94. The van der Waals surface area contributed by atoms with Crippen molar-refractivity contribution in [1.29, 1.82) is 0 Å². The first-order valence-corrected chi connectivity index (χ1v) is 7.54. The number of hydrogen-bond donors (Lipinski definition) is 2. The van der Waals surface area contributed by atoms with Gasteiger partial charge in [-0.3, -0.25) is 4.79 Å². The van der Waals surface area contributed by atoms with Crippen molar-refractivity contribution in [3.63, 3.8) is 0 Å². The van der Waals surface area contributed by atoms with Gasteiger partial charge in [0.25, 0.3) is 0 Å². The zero-order chi connectivity index (χ0) is 14.1. The molecular formula is C15H22N2OS. The topological polar surface area (TPSA) is 55.1 Å². The monoisotopic (exact) mass is 278 g/mol. The number of carbonyl (C=O) groups is 1. The first-order valence-electron chi connectivity index (χ1n) is 6.55. The van der Waals surface area contributed by atoms with E-state index >= 15 is 0 Å². The molecule has 4 heteroatoms. The summed E-state index contributed by atoms with van der Waals surface area (Å²) in [4.78, 5) is 13.0. The number of rotatable bonds is 8. The summed E-state index contributed by atoms with van der Waals surface area (Å²) >= 11 is 1.65. The fourth-order valence-corrected chi connectivity index (χ4v) is 2.50. The van der Waals surface area contributed by atoms with Crippen LogP contribution in [0.5, 0.6) is 0 Å². The lowest BCUT2D eigenvalue weighted by molar-refractivity contribution is -0.116. The number of anilines is 1. The maximum atomic E-state index is 11.9. The molecule has 0 saturated carbocycles. The van der Waals surface area contributed by atoms with Gasteiger partial charge in [0.1, 0.15) is 0 Å². The Morgan fingerprint density at radius 2 is 2.26 bits per heavy atom. The summed E-state index contributed by atoms with van der Waals surface area (Å²) in [6.07, 6.45) is 4.09. The van der Waals surface area contributed by atoms with Gasteiger partial charge in [-0.2, -0.15) is 0 Å². The van der Waals surface area contributed by atoms with Crippen molar-refractivity contribution < 1.29 is 4.79 Å². The summed E-state index contributed by atoms with van der Waals surface area (Å²) in [5, 5.41) is 2.93. The van der Waals surface area contributed by atoms with Crippen molar-refractivity contribution in [2.24, 2.45) is 5.73 Å². The quantitative estimate of drug-likeness (QED) is 0.566. The maximum absolute atomic E-state index is 11.9. The van der Waals surface area contributed by atoms with Gasteiger partial charge in [0.2, 0.25) is 5.91 Å². The van der Waals surface area contributed by atoms with Gasteiger partial charge in [-0.25, -0.2) is 0 Å². The van der Waals surface area contributed by atoms with Crippen LogP contribution in [-0.4, -0.2) is 17.7 Å². The van der Waals surface area contributed by atoms with E-state index in [0.29, 0.717) is 6.42 Å². The van der Waals surface area contributed by atoms with Crippen LogP contribution < -0.4 is 11.1 Å². The first kappa shape index (κ1) is 15.8. The zero-order valence-corrected chi connectivity index (χ0v) is 12.2. The van der Waals surface area contributed by atoms with Gasteiger partial charge in [0.05, 0.1) is 5.69 Å². The minimum atomic E-state index is -0.0574. The Hall–Kier alpha value is -1.26. The van der Waals surface area contributed by atoms with E-state index in [-0.39, 0.29) is 11.9 Å². The molecule has 0 aliphatic carbocycles. The number of benzene rings is 1. The van der Waals surface area contributed by atoms with Crippen LogP contribution in [0.3, 0.4) is 0 Å². The molecule has 0 bridgehead atoms. The number of nitrogens with one attached hydrogen (secondary N) is 1. The molecule has 3 N–H and O–H groups in total. The molecule has 1 amide bonds. The normalized spacial score (nSPS) is 11.9. The molecule has 0 aliphatic rings. The smallest absolute Gasteiger partial charge is 0.225 e. The SMILES string of the molecule is C=CCSc1ccccc1NC(=O)CC(N)CCC. The van der Waals surface area contributed by atoms with Crippen LogP contribution in [0.15, 0.2) is 41.8 Å². The summed E-state index contributed by atoms with van der Waals surface area (Å²) in [6, 6.07) is 7.73. The van der Waals surface area contributed by atoms with Gasteiger partial charge in [0, 0.05) is 23.1 Å². The zero-order valence-electron chi connectivity index (χ0n) is 11.4. The van der Waals surface area contributed by atoms with Gasteiger partial charge in [-0.1, -0.05) is 31.6 Å². The highest BCUT2D eigenvalue weighted by atomic mass is 32.2. The van der Waals surface area contributed by atoms with E-state index < -0.39 is 0 Å². The van der Waals surface area contributed by atoms with Crippen molar-refractivity contribution in [2.75, 3.05) is 11.1 Å². The van der Waals surface area contributed by atoms with Crippen molar-refractivity contribution in [1.82, 2.24) is 0 Å². The van der Waals surface area contributed by atoms with E-state index in [4.69, 9.17) is 5.73 Å². The number of carbonyl (C=O) groups excluding carboxylic acids is 1. The number of hydrogen-bond acceptors (Lipinski definition) is 3. The molecule has 1 rings (SSSR count). The number of nitrogens with two attached hydrogens (primary N) is 1. The molecule has 1 aromatic carbocycles. The van der Waals surface area contributed by atoms with Crippen LogP contribution in [0.2, 0.25) is 0 Å². The Morgan fingerprint density at radius 3 is 2.95 bits per heavy atom. The van der Waals surface area contributed by atoms with Gasteiger partial charge in [-0.05, 0) is 18.6 Å². The Balaban J connectivity index is 2.60. The second-order valence-corrected chi connectivity index (χ2v) is 5.46. The van der Waals surface area contributed by atoms with Crippen molar-refractivity contribution in [2.45, 2.75) is 37.1 Å². The standard InChI is InChI=1S/C15H22N2OS/c1-3-7-12(16)11-15(18)17-13-8-5-6-9-14(13)19-10-4-2/h4-6,8-9,12H,2-3,7,10-11,16H2,1H3,(H,17,18). The number of amides is 1. The predicted octanol–water partition coefficient (Wildman–Crippen LogP) is 3.42. The lowest BCUT2D eigenvalue weighted by atomic mass is 10.1. The molecule has 0 spiro atoms. The fourth-order valence-electron chi connectivity index (χ4n) is 1.76. The molecule has 1 aromatic rings. The summed E-state index contributed by atoms with van der Waals surface area (Å²) in [5.74, 6) is 0.801. The highest BCUT2D eigenvalue weighted by molar-refractivity contribution is 7.99. The molecular weight excluding hydrogens is 256 g/mol. The van der Waals surface area contributed by atoms with Crippen molar-refractivity contribution in [3.8, 4) is 0 Å². The summed E-state index contributed by atoms with van der Waals surface area (Å²) in [7, 11) is 0. The van der Waals surface area contributed by atoms with Gasteiger partial charge in [-0.15, -0.1) is 18.3 Å². The average molecular weight is 278 g/mol. The van der Waals surface area contributed by atoms with Crippen LogP contribution in [-0.2, 0) is 4.79 Å². The Kier molecular flexibility index (Phi) is 7.30. The summed E-state index contributed by atoms with van der Waals surface area (Å²) < 4.78 is 0. The Morgan fingerprint density at radius 1 is 1.53 bits per heavy atom. The third-order valence-electron chi connectivity index (χ3n) is 2.62. The predicted molar refractivity (Wildman–Crippen MR) is 83.5 cm³/mol. The van der Waals surface area contributed by atoms with E-state index in [1.54, 1.807) is 11.8 Å². The van der Waals surface area contributed by atoms with Crippen LogP contribution >= 0.6 is 11.8 Å². The van der Waals surface area contributed by atoms with E-state index in [9.17, 15) is 4.79 Å². The van der Waals surface area contributed by atoms with E-state index in [1.807, 2.05) is 30.3 Å². The minimum absolute atomic E-state index is 0.0207. The minimum Gasteiger partial charge on any atom is -0.327 e. The second-order valence-electron chi connectivity index (χ2n) is 4.40. The second kappa shape index (κ2) is 8.77. The molecule has 0 aliphatic heterocycles. The molecule has 0 heterocycles. The molecule has 19 heavy (non-hydrogen) atoms. The molecule has 0 radical (unpaired) electrons. The fraction of sp³-hybridized carbons (Fsp3) is 0.400. The first-order chi connectivity index (χ1) is 9.17. The van der Waals surface area contributed by atoms with Crippen LogP contribution in [0.25, 0.3) is 0 Å². The number of para-hydroxylation sites is 1. The lowest BCUT2D eigenvalue weighted by Crippen LogP contribution is -2.27. The molecule has 0 aromatic heterocycles. The molecule has 1 atom stereocenters. The van der Waals surface area contributed by atoms with Gasteiger partial charge in [0.15, 0.2) is 0 Å². The highest BCUT2D eigenvalue weighted by Crippen LogP contribution is 2.27. The van der Waals surface area contributed by atoms with Crippen LogP contribution in [0, 0.1) is 0 Å². The van der Waals surface area contributed by atoms with Crippen molar-refractivity contribution in [3.05, 3.63) is 36.9 Å².